The molecule has 0 unspecified atom stereocenters. The van der Waals surface area contributed by atoms with E-state index in [9.17, 15) is 4.79 Å². The zero-order chi connectivity index (χ0) is 11.3. The van der Waals surface area contributed by atoms with Crippen LogP contribution in [0.15, 0.2) is 23.1 Å². The minimum Gasteiger partial charge on any atom is -0.478 e. The van der Waals surface area contributed by atoms with Crippen molar-refractivity contribution >= 4 is 23.4 Å². The van der Waals surface area contributed by atoms with Gasteiger partial charge in [-0.3, -0.25) is 0 Å². The first-order chi connectivity index (χ1) is 7.15. The second kappa shape index (κ2) is 5.63. The quantitative estimate of drug-likeness (QED) is 0.455. The fourth-order valence-corrected chi connectivity index (χ4v) is 2.07. The lowest BCUT2D eigenvalue weighted by Gasteiger charge is -2.06. The Labute approximate surface area is 92.4 Å². The number of thioether (sulfide) groups is 1. The van der Waals surface area contributed by atoms with Crippen LogP contribution in [-0.2, 0) is 4.74 Å². The first kappa shape index (κ1) is 11.9. The van der Waals surface area contributed by atoms with Gasteiger partial charge in [-0.1, -0.05) is 0 Å². The molecule has 0 aromatic heterocycles. The second-order valence-corrected chi connectivity index (χ2v) is 4.04. The number of benzene rings is 1. The lowest BCUT2D eigenvalue weighted by atomic mass is 10.2. The summed E-state index contributed by atoms with van der Waals surface area (Å²) in [5.74, 6) is -0.227. The summed E-state index contributed by atoms with van der Waals surface area (Å²) in [6.45, 7) is 0.582. The van der Waals surface area contributed by atoms with Gasteiger partial charge < -0.3 is 15.6 Å². The van der Waals surface area contributed by atoms with Crippen molar-refractivity contribution in [2.45, 2.75) is 4.90 Å². The van der Waals surface area contributed by atoms with E-state index in [0.29, 0.717) is 22.9 Å². The molecule has 0 atom stereocenters. The molecule has 15 heavy (non-hydrogen) atoms. The van der Waals surface area contributed by atoms with Crippen LogP contribution in [0.25, 0.3) is 0 Å². The van der Waals surface area contributed by atoms with E-state index >= 15 is 0 Å². The fraction of sp³-hybridized carbons (Fsp3) is 0.300. The van der Waals surface area contributed by atoms with Gasteiger partial charge in [-0.05, 0) is 18.2 Å². The smallest absolute Gasteiger partial charge is 0.336 e. The molecule has 0 amide bonds. The minimum atomic E-state index is -0.935. The second-order valence-electron chi connectivity index (χ2n) is 2.90. The summed E-state index contributed by atoms with van der Waals surface area (Å²) in [7, 11) is 1.61. The van der Waals surface area contributed by atoms with Crippen LogP contribution < -0.4 is 5.73 Å². The van der Waals surface area contributed by atoms with E-state index in [2.05, 4.69) is 0 Å². The average molecular weight is 227 g/mol. The van der Waals surface area contributed by atoms with Gasteiger partial charge in [-0.25, -0.2) is 4.79 Å². The monoisotopic (exact) mass is 227 g/mol. The Kier molecular flexibility index (Phi) is 4.45. The molecule has 0 saturated heterocycles. The minimum absolute atomic E-state index is 0.283. The molecule has 0 bridgehead atoms. The highest BCUT2D eigenvalue weighted by Crippen LogP contribution is 2.25. The van der Waals surface area contributed by atoms with Gasteiger partial charge in [0.25, 0.3) is 0 Å². The molecule has 0 fully saturated rings. The van der Waals surface area contributed by atoms with Crippen molar-refractivity contribution in [1.82, 2.24) is 0 Å². The highest BCUT2D eigenvalue weighted by molar-refractivity contribution is 7.99. The number of carboxylic acids is 1. The molecular weight excluding hydrogens is 214 g/mol. The van der Waals surface area contributed by atoms with Gasteiger partial charge >= 0.3 is 5.97 Å². The first-order valence-corrected chi connectivity index (χ1v) is 5.38. The van der Waals surface area contributed by atoms with Gasteiger partial charge in [0.05, 0.1) is 12.2 Å². The summed E-state index contributed by atoms with van der Waals surface area (Å²) in [4.78, 5) is 11.6. The molecule has 0 heterocycles. The number of anilines is 1. The summed E-state index contributed by atoms with van der Waals surface area (Å²) in [5, 5.41) is 8.93. The molecule has 1 aromatic carbocycles. The number of methoxy groups -OCH3 is 1. The number of nitrogens with two attached hydrogens (primary N) is 1. The molecule has 82 valence electrons. The highest BCUT2D eigenvalue weighted by atomic mass is 32.2. The van der Waals surface area contributed by atoms with E-state index in [1.54, 1.807) is 19.2 Å². The Morgan fingerprint density at radius 2 is 2.33 bits per heavy atom. The zero-order valence-electron chi connectivity index (χ0n) is 8.40. The maximum Gasteiger partial charge on any atom is 0.336 e. The molecule has 0 aliphatic rings. The summed E-state index contributed by atoms with van der Waals surface area (Å²) in [6, 6.07) is 4.78. The molecule has 0 saturated carbocycles. The number of hydrogen-bond acceptors (Lipinski definition) is 4. The summed E-state index contributed by atoms with van der Waals surface area (Å²) < 4.78 is 4.89. The molecule has 0 spiro atoms. The Morgan fingerprint density at radius 3 is 2.93 bits per heavy atom. The summed E-state index contributed by atoms with van der Waals surface area (Å²) >= 11 is 1.43. The van der Waals surface area contributed by atoms with E-state index in [0.717, 1.165) is 0 Å². The molecule has 0 aliphatic heterocycles. The number of nitrogen functional groups attached to an aromatic ring is 1. The highest BCUT2D eigenvalue weighted by Gasteiger charge is 2.10. The Balaban J connectivity index is 2.82. The SMILES string of the molecule is COCCSc1cc(N)ccc1C(=O)O. The first-order valence-electron chi connectivity index (χ1n) is 4.39. The molecule has 4 nitrogen and oxygen atoms in total. The standard InChI is InChI=1S/C10H13NO3S/c1-14-4-5-15-9-6-7(11)2-3-8(9)10(12)13/h2-3,6H,4-5,11H2,1H3,(H,12,13). The Bertz CT molecular complexity index is 355. The van der Waals surface area contributed by atoms with Crippen LogP contribution in [0.5, 0.6) is 0 Å². The fourth-order valence-electron chi connectivity index (χ4n) is 1.07. The molecule has 5 heteroatoms. The molecule has 0 radical (unpaired) electrons. The van der Waals surface area contributed by atoms with E-state index in [1.165, 1.54) is 17.8 Å². The largest absolute Gasteiger partial charge is 0.478 e. The van der Waals surface area contributed by atoms with Crippen molar-refractivity contribution in [3.05, 3.63) is 23.8 Å². The van der Waals surface area contributed by atoms with E-state index in [4.69, 9.17) is 15.6 Å². The molecule has 3 N–H and O–H groups in total. The number of carboxylic acid groups (broad SMARTS) is 1. The van der Waals surface area contributed by atoms with Crippen LogP contribution in [0.2, 0.25) is 0 Å². The molecule has 1 rings (SSSR count). The molecule has 0 aliphatic carbocycles. The molecule has 1 aromatic rings. The van der Waals surface area contributed by atoms with Crippen molar-refractivity contribution in [1.29, 1.82) is 0 Å². The summed E-state index contributed by atoms with van der Waals surface area (Å²) in [5.41, 5.74) is 6.45. The van der Waals surface area contributed by atoms with Crippen LogP contribution in [-0.4, -0.2) is 30.5 Å². The summed E-state index contributed by atoms with van der Waals surface area (Å²) in [6.07, 6.45) is 0. The van der Waals surface area contributed by atoms with Crippen LogP contribution in [0.4, 0.5) is 5.69 Å². The van der Waals surface area contributed by atoms with Crippen LogP contribution in [0.1, 0.15) is 10.4 Å². The number of carbonyl (C=O) groups is 1. The Morgan fingerprint density at radius 1 is 1.60 bits per heavy atom. The third-order valence-corrected chi connectivity index (χ3v) is 2.80. The van der Waals surface area contributed by atoms with Gasteiger partial charge in [-0.15, -0.1) is 11.8 Å². The van der Waals surface area contributed by atoms with Crippen LogP contribution in [0.3, 0.4) is 0 Å². The lowest BCUT2D eigenvalue weighted by Crippen LogP contribution is -2.01. The predicted molar refractivity (Wildman–Crippen MR) is 60.4 cm³/mol. The van der Waals surface area contributed by atoms with E-state index in [1.807, 2.05) is 0 Å². The van der Waals surface area contributed by atoms with Gasteiger partial charge in [0.1, 0.15) is 0 Å². The van der Waals surface area contributed by atoms with Crippen molar-refractivity contribution < 1.29 is 14.6 Å². The maximum atomic E-state index is 10.9. The normalized spacial score (nSPS) is 10.2. The van der Waals surface area contributed by atoms with Crippen molar-refractivity contribution in [2.24, 2.45) is 0 Å². The van der Waals surface area contributed by atoms with E-state index in [-0.39, 0.29) is 5.56 Å². The van der Waals surface area contributed by atoms with Crippen molar-refractivity contribution in [2.75, 3.05) is 25.2 Å². The third kappa shape index (κ3) is 3.45. The van der Waals surface area contributed by atoms with Crippen molar-refractivity contribution in [3.63, 3.8) is 0 Å². The maximum absolute atomic E-state index is 10.9. The number of hydrogen-bond donors (Lipinski definition) is 2. The van der Waals surface area contributed by atoms with Gasteiger partial charge in [-0.2, -0.15) is 0 Å². The van der Waals surface area contributed by atoms with Crippen molar-refractivity contribution in [3.8, 4) is 0 Å². The average Bonchev–Trinajstić information content (AvgIpc) is 2.18. The van der Waals surface area contributed by atoms with Gasteiger partial charge in [0, 0.05) is 23.4 Å². The Hall–Kier alpha value is -1.20. The number of aromatic carboxylic acids is 1. The number of rotatable bonds is 5. The van der Waals surface area contributed by atoms with E-state index < -0.39 is 5.97 Å². The lowest BCUT2D eigenvalue weighted by molar-refractivity contribution is 0.0693. The topological polar surface area (TPSA) is 72.5 Å². The van der Waals surface area contributed by atoms with Crippen LogP contribution in [0, 0.1) is 0 Å². The zero-order valence-corrected chi connectivity index (χ0v) is 9.21. The van der Waals surface area contributed by atoms with Crippen LogP contribution >= 0.6 is 11.8 Å². The number of ether oxygens (including phenoxy) is 1. The molecular formula is C10H13NO3S. The predicted octanol–water partition coefficient (Wildman–Crippen LogP) is 1.71. The van der Waals surface area contributed by atoms with Gasteiger partial charge in [0.2, 0.25) is 0 Å². The van der Waals surface area contributed by atoms with Gasteiger partial charge in [0.15, 0.2) is 0 Å². The third-order valence-electron chi connectivity index (χ3n) is 1.78.